The van der Waals surface area contributed by atoms with Crippen molar-refractivity contribution in [3.63, 3.8) is 0 Å². The Morgan fingerprint density at radius 1 is 0.477 bits per heavy atom. The molecule has 0 saturated heterocycles. The van der Waals surface area contributed by atoms with E-state index in [9.17, 15) is 0 Å². The zero-order chi connectivity index (χ0) is 35.5. The first-order chi connectivity index (χ1) is 20.6. The van der Waals surface area contributed by atoms with E-state index in [1.165, 1.54) is 51.4 Å². The highest BCUT2D eigenvalue weighted by molar-refractivity contribution is 14.1. The van der Waals surface area contributed by atoms with Crippen molar-refractivity contribution in [2.75, 3.05) is 33.0 Å². The third-order valence-electron chi connectivity index (χ3n) is 7.80. The van der Waals surface area contributed by atoms with E-state index in [4.69, 9.17) is 25.5 Å². The quantitative estimate of drug-likeness (QED) is 0.0631. The van der Waals surface area contributed by atoms with Crippen LogP contribution in [0.2, 0.25) is 0 Å². The number of hydrogen-bond donors (Lipinski definition) is 5. The standard InChI is InChI=1S/C9H20O.C8H17IO.3C7H16O/c1-4-5-8(2)6-9(3)7-10;1-7(6-10)4-3-5-8(2)9;1-6(2)4-7(3)5-8;1-4-7(5-8)6(2)3;1-3-4-7(2)5-6-8/h8-10H,4-7H2,1-3H3;7-8,10H,3-6H2,1-2H3;2*6-8H,4-5H2,1-3H3;7-8H,3-6H2,1-2H3. The lowest BCUT2D eigenvalue weighted by atomic mass is 9.94. The second kappa shape index (κ2) is 41.6. The molecule has 0 heterocycles. The van der Waals surface area contributed by atoms with Crippen LogP contribution in [0.15, 0.2) is 0 Å². The van der Waals surface area contributed by atoms with Crippen LogP contribution in [0.25, 0.3) is 0 Å². The average molecular weight is 749 g/mol. The van der Waals surface area contributed by atoms with E-state index >= 15 is 0 Å². The molecular weight excluding hydrogens is 663 g/mol. The molecule has 0 aromatic rings. The van der Waals surface area contributed by atoms with E-state index in [1.807, 2.05) is 0 Å². The first-order valence-electron chi connectivity index (χ1n) is 18.2. The van der Waals surface area contributed by atoms with Crippen LogP contribution in [-0.4, -0.2) is 62.5 Å². The molecule has 6 heteroatoms. The first-order valence-corrected chi connectivity index (χ1v) is 19.5. The Hall–Kier alpha value is 0.530. The molecule has 0 fully saturated rings. The number of hydrogen-bond acceptors (Lipinski definition) is 5. The van der Waals surface area contributed by atoms with Gasteiger partial charge in [0.1, 0.15) is 0 Å². The van der Waals surface area contributed by atoms with Gasteiger partial charge >= 0.3 is 0 Å². The minimum absolute atomic E-state index is 0.332. The predicted octanol–water partition coefficient (Wildman–Crippen LogP) is 10.2. The van der Waals surface area contributed by atoms with Gasteiger partial charge in [-0.05, 0) is 79.4 Å². The van der Waals surface area contributed by atoms with Gasteiger partial charge in [-0.2, -0.15) is 0 Å². The van der Waals surface area contributed by atoms with E-state index in [1.54, 1.807) is 0 Å². The molecule has 0 rings (SSSR count). The van der Waals surface area contributed by atoms with Crippen LogP contribution >= 0.6 is 22.6 Å². The van der Waals surface area contributed by atoms with Crippen LogP contribution in [0.5, 0.6) is 0 Å². The molecule has 0 aliphatic heterocycles. The Morgan fingerprint density at radius 2 is 0.932 bits per heavy atom. The van der Waals surface area contributed by atoms with Crippen molar-refractivity contribution >= 4 is 22.6 Å². The van der Waals surface area contributed by atoms with Crippen LogP contribution in [-0.2, 0) is 0 Å². The third-order valence-corrected chi connectivity index (χ3v) is 8.42. The van der Waals surface area contributed by atoms with Crippen molar-refractivity contribution in [2.24, 2.45) is 47.3 Å². The highest BCUT2D eigenvalue weighted by atomic mass is 127. The van der Waals surface area contributed by atoms with Crippen LogP contribution in [0, 0.1) is 47.3 Å². The molecule has 7 atom stereocenters. The number of halogens is 1. The Morgan fingerprint density at radius 3 is 1.20 bits per heavy atom. The lowest BCUT2D eigenvalue weighted by molar-refractivity contribution is 0.186. The molecule has 0 aromatic heterocycles. The lowest BCUT2D eigenvalue weighted by Crippen LogP contribution is -2.11. The molecule has 0 bridgehead atoms. The number of aliphatic hydroxyl groups is 5. The zero-order valence-electron chi connectivity index (χ0n) is 32.1. The molecule has 0 spiro atoms. The molecule has 7 unspecified atom stereocenters. The van der Waals surface area contributed by atoms with Crippen LogP contribution < -0.4 is 0 Å². The summed E-state index contributed by atoms with van der Waals surface area (Å²) in [6, 6.07) is 0. The van der Waals surface area contributed by atoms with Crippen molar-refractivity contribution in [3.05, 3.63) is 0 Å². The molecule has 0 aliphatic carbocycles. The summed E-state index contributed by atoms with van der Waals surface area (Å²) >= 11 is 2.44. The first kappa shape index (κ1) is 54.0. The summed E-state index contributed by atoms with van der Waals surface area (Å²) in [4.78, 5) is 0. The van der Waals surface area contributed by atoms with Crippen LogP contribution in [0.1, 0.15) is 161 Å². The van der Waals surface area contributed by atoms with Crippen LogP contribution in [0.3, 0.4) is 0 Å². The summed E-state index contributed by atoms with van der Waals surface area (Å²) in [6.45, 7) is 29.8. The van der Waals surface area contributed by atoms with Gasteiger partial charge in [-0.1, -0.05) is 151 Å². The summed E-state index contributed by atoms with van der Waals surface area (Å²) in [5, 5.41) is 43.2. The fourth-order valence-corrected chi connectivity index (χ4v) is 5.20. The number of alkyl halides is 1. The van der Waals surface area contributed by atoms with Crippen molar-refractivity contribution in [3.8, 4) is 0 Å². The van der Waals surface area contributed by atoms with Gasteiger partial charge in [0.05, 0.1) is 0 Å². The van der Waals surface area contributed by atoms with Gasteiger partial charge in [-0.25, -0.2) is 0 Å². The molecular formula is C38H85IO5. The average Bonchev–Trinajstić information content (AvgIpc) is 2.94. The minimum Gasteiger partial charge on any atom is -0.396 e. The summed E-state index contributed by atoms with van der Waals surface area (Å²) in [6.07, 6.45) is 13.1. The number of rotatable bonds is 20. The maximum Gasteiger partial charge on any atom is 0.0461 e. The maximum absolute atomic E-state index is 8.75. The monoisotopic (exact) mass is 749 g/mol. The SMILES string of the molecule is CC(C)CC(C)CO.CC(I)CCCC(C)CO.CCC(CO)C(C)C.CCCC(C)CC(C)CO.CCCC(C)CCO. The molecule has 274 valence electrons. The van der Waals surface area contributed by atoms with E-state index in [0.29, 0.717) is 68.5 Å². The fourth-order valence-electron chi connectivity index (χ4n) is 4.76. The molecule has 5 nitrogen and oxygen atoms in total. The second-order valence-electron chi connectivity index (χ2n) is 14.3. The van der Waals surface area contributed by atoms with E-state index in [2.05, 4.69) is 113 Å². The van der Waals surface area contributed by atoms with Crippen molar-refractivity contribution < 1.29 is 25.5 Å². The molecule has 44 heavy (non-hydrogen) atoms. The van der Waals surface area contributed by atoms with Gasteiger partial charge in [0, 0.05) is 37.0 Å². The molecule has 0 saturated carbocycles. The maximum atomic E-state index is 8.75. The van der Waals surface area contributed by atoms with Crippen molar-refractivity contribution in [1.29, 1.82) is 0 Å². The zero-order valence-corrected chi connectivity index (χ0v) is 34.3. The predicted molar refractivity (Wildman–Crippen MR) is 206 cm³/mol. The fraction of sp³-hybridized carbons (Fsp3) is 1.00. The van der Waals surface area contributed by atoms with E-state index < -0.39 is 0 Å². The third kappa shape index (κ3) is 52.1. The summed E-state index contributed by atoms with van der Waals surface area (Å²) < 4.78 is 0.781. The van der Waals surface area contributed by atoms with Crippen molar-refractivity contribution in [2.45, 2.75) is 165 Å². The lowest BCUT2D eigenvalue weighted by Gasteiger charge is -2.14. The molecule has 5 N–H and O–H groups in total. The molecule has 0 aliphatic rings. The second-order valence-corrected chi connectivity index (χ2v) is 16.5. The van der Waals surface area contributed by atoms with Crippen molar-refractivity contribution in [1.82, 2.24) is 0 Å². The van der Waals surface area contributed by atoms with E-state index in [-0.39, 0.29) is 0 Å². The van der Waals surface area contributed by atoms with Gasteiger partial charge in [-0.15, -0.1) is 0 Å². The van der Waals surface area contributed by atoms with E-state index in [0.717, 1.165) is 35.0 Å². The highest BCUT2D eigenvalue weighted by Crippen LogP contribution is 2.16. The number of aliphatic hydroxyl groups excluding tert-OH is 5. The van der Waals surface area contributed by atoms with Gasteiger partial charge < -0.3 is 25.5 Å². The topological polar surface area (TPSA) is 101 Å². The van der Waals surface area contributed by atoms with Gasteiger partial charge in [0.25, 0.3) is 0 Å². The minimum atomic E-state index is 0.332. The summed E-state index contributed by atoms with van der Waals surface area (Å²) in [5.74, 6) is 4.82. The normalized spacial score (nSPS) is 15.5. The Labute approximate surface area is 291 Å². The van der Waals surface area contributed by atoms with Gasteiger partial charge in [0.2, 0.25) is 0 Å². The van der Waals surface area contributed by atoms with Gasteiger partial charge in [0.15, 0.2) is 0 Å². The Bertz CT molecular complexity index is 480. The molecule has 0 amide bonds. The molecule has 0 radical (unpaired) electrons. The summed E-state index contributed by atoms with van der Waals surface area (Å²) in [5.41, 5.74) is 0. The molecule has 0 aromatic carbocycles. The Balaban J connectivity index is -0.000000145. The summed E-state index contributed by atoms with van der Waals surface area (Å²) in [7, 11) is 0. The smallest absolute Gasteiger partial charge is 0.0461 e. The largest absolute Gasteiger partial charge is 0.396 e. The highest BCUT2D eigenvalue weighted by Gasteiger charge is 2.08. The van der Waals surface area contributed by atoms with Gasteiger partial charge in [-0.3, -0.25) is 0 Å². The van der Waals surface area contributed by atoms with Crippen LogP contribution in [0.4, 0.5) is 0 Å². The Kier molecular flexibility index (Phi) is 51.0.